The van der Waals surface area contributed by atoms with Gasteiger partial charge in [0.25, 0.3) is 11.8 Å². The van der Waals surface area contributed by atoms with Crippen LogP contribution in [0.3, 0.4) is 0 Å². The third-order valence-electron chi connectivity index (χ3n) is 6.37. The first-order chi connectivity index (χ1) is 18.0. The SMILES string of the molecule is CONC(=O)c1ccc(C)c(Nc2ncnn3cc(C(=O)NCCc4c[nH]c5ccccc45)c(C)c23)c1. The first kappa shape index (κ1) is 24.0. The Kier molecular flexibility index (Phi) is 6.57. The molecule has 2 amide bonds. The summed E-state index contributed by atoms with van der Waals surface area (Å²) in [4.78, 5) is 37.7. The highest BCUT2D eigenvalue weighted by molar-refractivity contribution is 5.99. The van der Waals surface area contributed by atoms with Crippen LogP contribution in [0.1, 0.15) is 37.4 Å². The van der Waals surface area contributed by atoms with E-state index < -0.39 is 0 Å². The van der Waals surface area contributed by atoms with Crippen LogP contribution in [0.2, 0.25) is 0 Å². The molecule has 2 aromatic carbocycles. The summed E-state index contributed by atoms with van der Waals surface area (Å²) in [6.07, 6.45) is 5.82. The summed E-state index contributed by atoms with van der Waals surface area (Å²) in [6, 6.07) is 13.4. The van der Waals surface area contributed by atoms with Crippen LogP contribution < -0.4 is 16.1 Å². The quantitative estimate of drug-likeness (QED) is 0.242. The van der Waals surface area contributed by atoms with Crippen molar-refractivity contribution in [3.8, 4) is 0 Å². The van der Waals surface area contributed by atoms with E-state index in [4.69, 9.17) is 4.84 Å². The number of nitrogens with zero attached hydrogens (tertiary/aromatic N) is 3. The maximum atomic E-state index is 13.1. The van der Waals surface area contributed by atoms with Gasteiger partial charge in [-0.2, -0.15) is 5.10 Å². The predicted molar refractivity (Wildman–Crippen MR) is 141 cm³/mol. The Hall–Kier alpha value is -4.70. The molecule has 0 aliphatic rings. The van der Waals surface area contributed by atoms with Gasteiger partial charge in [0.05, 0.1) is 12.7 Å². The molecule has 5 rings (SSSR count). The number of aromatic nitrogens is 4. The van der Waals surface area contributed by atoms with E-state index in [-0.39, 0.29) is 11.8 Å². The fourth-order valence-corrected chi connectivity index (χ4v) is 4.40. The number of benzene rings is 2. The van der Waals surface area contributed by atoms with Crippen LogP contribution in [-0.4, -0.2) is 45.1 Å². The molecular weight excluding hydrogens is 470 g/mol. The van der Waals surface area contributed by atoms with E-state index in [0.717, 1.165) is 27.6 Å². The zero-order valence-corrected chi connectivity index (χ0v) is 20.8. The molecule has 0 spiro atoms. The Morgan fingerprint density at radius 2 is 1.95 bits per heavy atom. The molecule has 0 bridgehead atoms. The molecule has 0 fully saturated rings. The molecule has 10 nitrogen and oxygen atoms in total. The lowest BCUT2D eigenvalue weighted by molar-refractivity contribution is 0.0537. The van der Waals surface area contributed by atoms with Crippen molar-refractivity contribution in [3.63, 3.8) is 0 Å². The van der Waals surface area contributed by atoms with Crippen molar-refractivity contribution in [2.24, 2.45) is 0 Å². The number of H-pyrrole nitrogens is 1. The zero-order valence-electron chi connectivity index (χ0n) is 20.8. The average molecular weight is 498 g/mol. The molecule has 3 aromatic heterocycles. The molecule has 5 aromatic rings. The van der Waals surface area contributed by atoms with Crippen LogP contribution in [0, 0.1) is 13.8 Å². The van der Waals surface area contributed by atoms with E-state index in [1.807, 2.05) is 44.3 Å². The monoisotopic (exact) mass is 497 g/mol. The van der Waals surface area contributed by atoms with Gasteiger partial charge in [0.1, 0.15) is 11.8 Å². The highest BCUT2D eigenvalue weighted by atomic mass is 16.6. The number of rotatable bonds is 8. The van der Waals surface area contributed by atoms with Crippen LogP contribution >= 0.6 is 0 Å². The zero-order chi connectivity index (χ0) is 25.9. The van der Waals surface area contributed by atoms with Gasteiger partial charge in [-0.05, 0) is 55.2 Å². The summed E-state index contributed by atoms with van der Waals surface area (Å²) >= 11 is 0. The van der Waals surface area contributed by atoms with Gasteiger partial charge in [-0.3, -0.25) is 14.4 Å². The number of aryl methyl sites for hydroxylation is 2. The standard InChI is InChI=1S/C27H27N7O3/c1-16-8-9-18(26(35)33-37-3)12-23(16)32-25-24-17(2)21(14-34(24)31-15-30-25)27(36)28-11-10-19-13-29-22-7-5-4-6-20(19)22/h4-9,12-15,29H,10-11H2,1-3H3,(H,28,36)(H,33,35)(H,30,31,32). The van der Waals surface area contributed by atoms with Crippen LogP contribution in [0.15, 0.2) is 61.2 Å². The largest absolute Gasteiger partial charge is 0.361 e. The van der Waals surface area contributed by atoms with Gasteiger partial charge in [0, 0.05) is 41.1 Å². The maximum absolute atomic E-state index is 13.1. The van der Waals surface area contributed by atoms with Crippen LogP contribution in [0.4, 0.5) is 11.5 Å². The number of carbonyl (C=O) groups is 2. The van der Waals surface area contributed by atoms with Crippen molar-refractivity contribution in [2.75, 3.05) is 19.0 Å². The molecule has 0 unspecified atom stereocenters. The Labute approximate surface area is 213 Å². The van der Waals surface area contributed by atoms with Crippen LogP contribution in [0.25, 0.3) is 16.4 Å². The van der Waals surface area contributed by atoms with E-state index in [2.05, 4.69) is 37.2 Å². The van der Waals surface area contributed by atoms with Gasteiger partial charge >= 0.3 is 0 Å². The highest BCUT2D eigenvalue weighted by Gasteiger charge is 2.19. The van der Waals surface area contributed by atoms with Crippen molar-refractivity contribution < 1.29 is 14.4 Å². The first-order valence-corrected chi connectivity index (χ1v) is 11.8. The fourth-order valence-electron chi connectivity index (χ4n) is 4.40. The summed E-state index contributed by atoms with van der Waals surface area (Å²) in [5, 5.41) is 11.8. The second-order valence-electron chi connectivity index (χ2n) is 8.73. The molecular formula is C27H27N7O3. The van der Waals surface area contributed by atoms with Gasteiger partial charge in [-0.1, -0.05) is 24.3 Å². The van der Waals surface area contributed by atoms with Gasteiger partial charge < -0.3 is 15.6 Å². The minimum absolute atomic E-state index is 0.178. The molecule has 0 atom stereocenters. The number of nitrogens with one attached hydrogen (secondary N) is 4. The lowest BCUT2D eigenvalue weighted by Gasteiger charge is -2.12. The molecule has 0 saturated carbocycles. The Morgan fingerprint density at radius 1 is 1.11 bits per heavy atom. The average Bonchev–Trinajstić information content (AvgIpc) is 3.47. The predicted octanol–water partition coefficient (Wildman–Crippen LogP) is 3.83. The molecule has 4 N–H and O–H groups in total. The lowest BCUT2D eigenvalue weighted by Crippen LogP contribution is -2.25. The fraction of sp³-hybridized carbons (Fsp3) is 0.185. The number of fused-ring (bicyclic) bond motifs is 2. The van der Waals surface area contributed by atoms with Crippen molar-refractivity contribution in [3.05, 3.63) is 89.0 Å². The number of aromatic amines is 1. The van der Waals surface area contributed by atoms with Crippen LogP contribution in [-0.2, 0) is 11.3 Å². The van der Waals surface area contributed by atoms with E-state index in [9.17, 15) is 9.59 Å². The minimum atomic E-state index is -0.358. The lowest BCUT2D eigenvalue weighted by atomic mass is 10.1. The number of para-hydroxylation sites is 1. The minimum Gasteiger partial charge on any atom is -0.361 e. The number of hydroxylamine groups is 1. The molecule has 0 radical (unpaired) electrons. The van der Waals surface area contributed by atoms with E-state index in [0.29, 0.717) is 41.1 Å². The van der Waals surface area contributed by atoms with Crippen molar-refractivity contribution >= 4 is 39.7 Å². The Balaban J connectivity index is 1.35. The normalized spacial score (nSPS) is 11.1. The number of hydrogen-bond acceptors (Lipinski definition) is 6. The van der Waals surface area contributed by atoms with Gasteiger partial charge in [0.15, 0.2) is 5.82 Å². The van der Waals surface area contributed by atoms with E-state index in [1.165, 1.54) is 13.4 Å². The van der Waals surface area contributed by atoms with Gasteiger partial charge in [-0.15, -0.1) is 0 Å². The second-order valence-corrected chi connectivity index (χ2v) is 8.73. The van der Waals surface area contributed by atoms with E-state index in [1.54, 1.807) is 22.8 Å². The third kappa shape index (κ3) is 4.74. The summed E-state index contributed by atoms with van der Waals surface area (Å²) in [5.41, 5.74) is 8.56. The van der Waals surface area contributed by atoms with Gasteiger partial charge in [0.2, 0.25) is 0 Å². The number of amides is 2. The third-order valence-corrected chi connectivity index (χ3v) is 6.37. The molecule has 0 aliphatic heterocycles. The number of carbonyl (C=O) groups excluding carboxylic acids is 2. The maximum Gasteiger partial charge on any atom is 0.274 e. The number of hydrogen-bond donors (Lipinski definition) is 4. The Morgan fingerprint density at radius 3 is 2.78 bits per heavy atom. The first-order valence-electron chi connectivity index (χ1n) is 11.8. The van der Waals surface area contributed by atoms with Crippen LogP contribution in [0.5, 0.6) is 0 Å². The van der Waals surface area contributed by atoms with Crippen molar-refractivity contribution in [1.82, 2.24) is 30.4 Å². The molecule has 188 valence electrons. The summed E-state index contributed by atoms with van der Waals surface area (Å²) in [5.74, 6) is -0.00945. The molecule has 0 aliphatic carbocycles. The highest BCUT2D eigenvalue weighted by Crippen LogP contribution is 2.27. The second kappa shape index (κ2) is 10.1. The number of anilines is 2. The van der Waals surface area contributed by atoms with Crippen molar-refractivity contribution in [2.45, 2.75) is 20.3 Å². The molecule has 0 saturated heterocycles. The smallest absolute Gasteiger partial charge is 0.274 e. The topological polar surface area (TPSA) is 125 Å². The van der Waals surface area contributed by atoms with E-state index >= 15 is 0 Å². The summed E-state index contributed by atoms with van der Waals surface area (Å²) < 4.78 is 1.63. The Bertz CT molecular complexity index is 1620. The van der Waals surface area contributed by atoms with Gasteiger partial charge in [-0.25, -0.2) is 15.0 Å². The summed E-state index contributed by atoms with van der Waals surface area (Å²) in [7, 11) is 1.38. The molecule has 3 heterocycles. The summed E-state index contributed by atoms with van der Waals surface area (Å²) in [6.45, 7) is 4.29. The van der Waals surface area contributed by atoms with Crippen molar-refractivity contribution in [1.29, 1.82) is 0 Å². The molecule has 37 heavy (non-hydrogen) atoms. The molecule has 10 heteroatoms.